The summed E-state index contributed by atoms with van der Waals surface area (Å²) < 4.78 is 0. The Morgan fingerprint density at radius 1 is 0.492 bits per heavy atom. The highest BCUT2D eigenvalue weighted by molar-refractivity contribution is 5.87. The first-order valence-corrected chi connectivity index (χ1v) is 20.9. The molecule has 1 saturated carbocycles. The van der Waals surface area contributed by atoms with Gasteiger partial charge in [0.05, 0.1) is 32.7 Å². The average molecular weight is 902 g/mol. The largest absolute Gasteiger partial charge is 0.481 e. The van der Waals surface area contributed by atoms with Gasteiger partial charge in [-0.05, 0) is 57.3 Å². The van der Waals surface area contributed by atoms with Gasteiger partial charge in [0.15, 0.2) is 0 Å². The molecular weight excluding hydrogens is 838 g/mol. The highest BCUT2D eigenvalue weighted by Gasteiger charge is 2.28. The van der Waals surface area contributed by atoms with Crippen molar-refractivity contribution in [3.8, 4) is 0 Å². The van der Waals surface area contributed by atoms with E-state index in [0.717, 1.165) is 0 Å². The van der Waals surface area contributed by atoms with Gasteiger partial charge in [0.1, 0.15) is 12.1 Å². The van der Waals surface area contributed by atoms with Crippen molar-refractivity contribution in [3.05, 3.63) is 0 Å². The molecule has 2 aliphatic rings. The molecule has 25 heteroatoms. The topological polar surface area (TPSA) is 365 Å². The lowest BCUT2D eigenvalue weighted by atomic mass is 9.81. The van der Waals surface area contributed by atoms with Crippen LogP contribution >= 0.6 is 0 Å². The minimum atomic E-state index is -1.53. The number of hydrogen-bond donors (Lipinski definition) is 11. The van der Waals surface area contributed by atoms with Gasteiger partial charge >= 0.3 is 41.8 Å². The predicted octanol–water partition coefficient (Wildman–Crippen LogP) is -3.14. The molecule has 2 fully saturated rings. The second-order valence-corrected chi connectivity index (χ2v) is 15.7. The van der Waals surface area contributed by atoms with Crippen LogP contribution in [0.15, 0.2) is 0 Å². The van der Waals surface area contributed by atoms with Crippen LogP contribution in [0.3, 0.4) is 0 Å². The standard InChI is InChI=1S/C38H63N9O16/c48-29(39-10-2-1-3-27(36(59)60)42-38(63)43-28(37(61)62)8-9-31(50)51)20-41-35(58)26-6-4-25(5-7-26)19-40-30(49)21-44-11-13-45(22-32(52)53)15-17-47(24-34(56)57)18-16-46(14-12-44)23-33(54)55/h25-28H,1-24H2,(H,39,48)(H,40,49)(H,41,58)(H,50,51)(H,52,53)(H,54,55)(H,56,57)(H,59,60)(H,61,62)(H2,42,43,63)/t25-,26-,27-,28-/m0/s1. The normalized spacial score (nSPS) is 19.4. The van der Waals surface area contributed by atoms with Crippen molar-refractivity contribution >= 4 is 59.6 Å². The van der Waals surface area contributed by atoms with E-state index < -0.39 is 72.7 Å². The molecule has 0 aromatic carbocycles. The third kappa shape index (κ3) is 24.0. The Bertz CT molecular complexity index is 1550. The van der Waals surface area contributed by atoms with Gasteiger partial charge < -0.3 is 57.2 Å². The predicted molar refractivity (Wildman–Crippen MR) is 218 cm³/mol. The summed E-state index contributed by atoms with van der Waals surface area (Å²) in [6, 6.07) is -3.99. The summed E-state index contributed by atoms with van der Waals surface area (Å²) >= 11 is 0. The number of carboxylic acid groups (broad SMARTS) is 6. The fourth-order valence-corrected chi connectivity index (χ4v) is 7.15. The highest BCUT2D eigenvalue weighted by Crippen LogP contribution is 2.28. The van der Waals surface area contributed by atoms with Gasteiger partial charge in [0, 0.05) is 77.8 Å². The first-order valence-electron chi connectivity index (χ1n) is 20.9. The second-order valence-electron chi connectivity index (χ2n) is 15.7. The SMILES string of the molecule is O=C(O)CC[C@H](NC(=O)N[C@@H](CCCCNC(=O)CNC(=O)[C@H]1CC[C@H](CNC(=O)CN2CCN(CC(=O)O)CCN(CC(=O)O)CCN(CC(=O)O)CC2)CC1)C(=O)O)C(=O)O. The monoisotopic (exact) mass is 901 g/mol. The summed E-state index contributed by atoms with van der Waals surface area (Å²) in [5, 5.41) is 68.0. The van der Waals surface area contributed by atoms with Crippen LogP contribution in [-0.2, 0) is 43.2 Å². The molecule has 1 heterocycles. The van der Waals surface area contributed by atoms with Gasteiger partial charge in [-0.1, -0.05) is 0 Å². The molecule has 356 valence electrons. The Labute approximate surface area is 363 Å². The highest BCUT2D eigenvalue weighted by atomic mass is 16.4. The Hall–Kier alpha value is -5.66. The van der Waals surface area contributed by atoms with E-state index in [0.29, 0.717) is 51.7 Å². The number of carboxylic acids is 6. The molecule has 25 nitrogen and oxygen atoms in total. The molecule has 0 unspecified atom stereocenters. The molecule has 1 aliphatic carbocycles. The summed E-state index contributed by atoms with van der Waals surface area (Å²) in [7, 11) is 0. The summed E-state index contributed by atoms with van der Waals surface area (Å²) in [4.78, 5) is 125. The van der Waals surface area contributed by atoms with E-state index in [4.69, 9.17) is 5.11 Å². The van der Waals surface area contributed by atoms with E-state index in [2.05, 4.69) is 21.3 Å². The van der Waals surface area contributed by atoms with Crippen LogP contribution in [0.25, 0.3) is 0 Å². The Balaban J connectivity index is 1.74. The van der Waals surface area contributed by atoms with Gasteiger partial charge in [0.2, 0.25) is 17.7 Å². The third-order valence-corrected chi connectivity index (χ3v) is 10.7. The maximum absolute atomic E-state index is 13.1. The zero-order chi connectivity index (χ0) is 46.9. The quantitative estimate of drug-likeness (QED) is 0.0403. The number of nitrogens with one attached hydrogen (secondary N) is 5. The summed E-state index contributed by atoms with van der Waals surface area (Å²) in [6.07, 6.45) is 2.01. The lowest BCUT2D eigenvalue weighted by molar-refractivity contribution is -0.141. The molecule has 0 bridgehead atoms. The fourth-order valence-electron chi connectivity index (χ4n) is 7.15. The lowest BCUT2D eigenvalue weighted by Gasteiger charge is -2.33. The van der Waals surface area contributed by atoms with Crippen molar-refractivity contribution in [1.82, 2.24) is 46.2 Å². The van der Waals surface area contributed by atoms with Crippen LogP contribution in [0.2, 0.25) is 0 Å². The number of unbranched alkanes of at least 4 members (excludes halogenated alkanes) is 1. The van der Waals surface area contributed by atoms with Crippen molar-refractivity contribution in [2.75, 3.05) is 98.2 Å². The Morgan fingerprint density at radius 3 is 1.37 bits per heavy atom. The zero-order valence-electron chi connectivity index (χ0n) is 35.3. The number of carbonyl (C=O) groups is 10. The maximum Gasteiger partial charge on any atom is 0.326 e. The van der Waals surface area contributed by atoms with Crippen molar-refractivity contribution in [2.45, 2.75) is 69.9 Å². The molecule has 1 saturated heterocycles. The van der Waals surface area contributed by atoms with Crippen molar-refractivity contribution < 1.29 is 78.6 Å². The number of carbonyl (C=O) groups excluding carboxylic acids is 4. The minimum Gasteiger partial charge on any atom is -0.481 e. The molecule has 0 aromatic heterocycles. The molecule has 1 aliphatic heterocycles. The molecule has 2 atom stereocenters. The number of hydrogen-bond acceptors (Lipinski definition) is 14. The van der Waals surface area contributed by atoms with E-state index in [1.54, 1.807) is 14.7 Å². The van der Waals surface area contributed by atoms with Crippen molar-refractivity contribution in [3.63, 3.8) is 0 Å². The molecule has 63 heavy (non-hydrogen) atoms. The summed E-state index contributed by atoms with van der Waals surface area (Å²) in [6.45, 7) is 1.64. The Morgan fingerprint density at radius 2 is 0.937 bits per heavy atom. The van der Waals surface area contributed by atoms with Crippen LogP contribution in [0.1, 0.15) is 57.8 Å². The van der Waals surface area contributed by atoms with Gasteiger partial charge in [-0.15, -0.1) is 0 Å². The second kappa shape index (κ2) is 28.8. The molecule has 2 rings (SSSR count). The maximum atomic E-state index is 13.1. The van der Waals surface area contributed by atoms with E-state index in [9.17, 15) is 73.5 Å². The summed E-state index contributed by atoms with van der Waals surface area (Å²) in [5.74, 6) is -8.49. The number of urea groups is 1. The van der Waals surface area contributed by atoms with Crippen LogP contribution in [0, 0.1) is 11.8 Å². The minimum absolute atomic E-state index is 0.0130. The average Bonchev–Trinajstić information content (AvgIpc) is 3.20. The van der Waals surface area contributed by atoms with Gasteiger partial charge in [0.25, 0.3) is 0 Å². The van der Waals surface area contributed by atoms with Gasteiger partial charge in [-0.25, -0.2) is 14.4 Å². The lowest BCUT2D eigenvalue weighted by Crippen LogP contribution is -2.51. The molecule has 11 N–H and O–H groups in total. The van der Waals surface area contributed by atoms with Crippen LogP contribution in [-0.4, -0.2) is 220 Å². The molecule has 0 spiro atoms. The van der Waals surface area contributed by atoms with E-state index in [1.807, 2.05) is 10.2 Å². The smallest absolute Gasteiger partial charge is 0.326 e. The van der Waals surface area contributed by atoms with Crippen LogP contribution in [0.5, 0.6) is 0 Å². The first kappa shape index (κ1) is 53.5. The third-order valence-electron chi connectivity index (χ3n) is 10.7. The van der Waals surface area contributed by atoms with E-state index in [-0.39, 0.29) is 115 Å². The number of amides is 5. The van der Waals surface area contributed by atoms with E-state index in [1.165, 1.54) is 0 Å². The Kier molecular flexibility index (Phi) is 24.5. The molecule has 5 amide bonds. The van der Waals surface area contributed by atoms with Gasteiger partial charge in [-0.3, -0.25) is 53.2 Å². The molecule has 0 radical (unpaired) electrons. The number of aliphatic carboxylic acids is 6. The summed E-state index contributed by atoms with van der Waals surface area (Å²) in [5.41, 5.74) is 0. The number of rotatable bonds is 25. The zero-order valence-corrected chi connectivity index (χ0v) is 35.3. The van der Waals surface area contributed by atoms with Crippen LogP contribution in [0.4, 0.5) is 4.79 Å². The molecular formula is C38H63N9O16. The van der Waals surface area contributed by atoms with Crippen molar-refractivity contribution in [1.29, 1.82) is 0 Å². The van der Waals surface area contributed by atoms with Crippen molar-refractivity contribution in [2.24, 2.45) is 11.8 Å². The van der Waals surface area contributed by atoms with Gasteiger partial charge in [-0.2, -0.15) is 0 Å². The fraction of sp³-hybridized carbons (Fsp3) is 0.737. The van der Waals surface area contributed by atoms with E-state index >= 15 is 0 Å². The van der Waals surface area contributed by atoms with Crippen LogP contribution < -0.4 is 26.6 Å². The molecule has 0 aromatic rings. The number of nitrogens with zero attached hydrogens (tertiary/aromatic N) is 4. The first-order chi connectivity index (χ1) is 29.8.